The summed E-state index contributed by atoms with van der Waals surface area (Å²) < 4.78 is 27.8. The van der Waals surface area contributed by atoms with Crippen molar-refractivity contribution in [3.8, 4) is 0 Å². The summed E-state index contributed by atoms with van der Waals surface area (Å²) in [5.41, 5.74) is 1.82. The largest absolute Gasteiger partial charge is 0.350 e. The second-order valence-electron chi connectivity index (χ2n) is 11.2. The number of nitro groups is 1. The number of anilines is 2. The van der Waals surface area contributed by atoms with Crippen LogP contribution in [0.3, 0.4) is 0 Å². The summed E-state index contributed by atoms with van der Waals surface area (Å²) >= 11 is 0. The van der Waals surface area contributed by atoms with Crippen molar-refractivity contribution in [3.05, 3.63) is 58.1 Å². The fraction of sp³-hybridized carbons (Fsp3) is 0.571. The molecule has 8 nitrogen and oxygen atoms in total. The summed E-state index contributed by atoms with van der Waals surface area (Å²) in [6.45, 7) is 10.9. The molecule has 0 saturated carbocycles. The minimum absolute atomic E-state index is 0.115. The van der Waals surface area contributed by atoms with Gasteiger partial charge in [0.15, 0.2) is 0 Å². The van der Waals surface area contributed by atoms with E-state index in [1.807, 2.05) is 24.3 Å². The van der Waals surface area contributed by atoms with E-state index in [2.05, 4.69) is 62.2 Å². The third kappa shape index (κ3) is 10.2. The molecule has 0 unspecified atom stereocenters. The average Bonchev–Trinajstić information content (AvgIpc) is 2.82. The molecule has 2 rings (SSSR count). The molecular weight excluding hydrogens is 520 g/mol. The zero-order chi connectivity index (χ0) is 28.5. The fourth-order valence-electron chi connectivity index (χ4n) is 3.92. The predicted molar refractivity (Wildman–Crippen MR) is 162 cm³/mol. The highest BCUT2D eigenvalue weighted by Gasteiger charge is 2.21. The smallest absolute Gasteiger partial charge is 0.294 e. The van der Waals surface area contributed by atoms with E-state index < -0.39 is 25.0 Å². The van der Waals surface area contributed by atoms with Gasteiger partial charge in [-0.2, -0.15) is 0 Å². The van der Waals surface area contributed by atoms with Gasteiger partial charge in [0, 0.05) is 24.8 Å². The highest BCUT2D eigenvalue weighted by Crippen LogP contribution is 2.45. The second kappa shape index (κ2) is 14.3. The van der Waals surface area contributed by atoms with E-state index in [0.29, 0.717) is 24.6 Å². The monoisotopic (exact) mass is 566 g/mol. The Labute approximate surface area is 231 Å². The van der Waals surface area contributed by atoms with Crippen LogP contribution in [-0.4, -0.2) is 61.9 Å². The molecule has 0 radical (unpaired) electrons. The minimum atomic E-state index is -3.83. The number of nitrogens with one attached hydrogen (secondary N) is 2. The van der Waals surface area contributed by atoms with Gasteiger partial charge in [0.05, 0.1) is 9.82 Å². The van der Waals surface area contributed by atoms with E-state index in [-0.39, 0.29) is 16.3 Å². The number of hydrogen-bond acceptors (Lipinski definition) is 6. The van der Waals surface area contributed by atoms with Crippen molar-refractivity contribution in [2.45, 2.75) is 63.6 Å². The molecular formula is C28H46N4O4S2. The van der Waals surface area contributed by atoms with E-state index in [1.165, 1.54) is 24.3 Å². The standard InChI is InChI=1S/C28H46N4O4S2/c1-22(2)10-8-17-29-38(35,36)26-15-16-27(28(20-26)32(33)34)30-25-13-11-24(12-14-25)21-31(5)18-9-19-37(6,7)23(3)4/h11-16,20,22-23,29-30H,8-10,17-19,21H2,1-7H3. The number of hydrogen-bond donors (Lipinski definition) is 2. The van der Waals surface area contributed by atoms with Gasteiger partial charge >= 0.3 is 0 Å². The lowest BCUT2D eigenvalue weighted by molar-refractivity contribution is -0.384. The van der Waals surface area contributed by atoms with Crippen LogP contribution in [0.5, 0.6) is 0 Å². The molecule has 0 aromatic heterocycles. The van der Waals surface area contributed by atoms with Gasteiger partial charge in [-0.25, -0.2) is 23.2 Å². The topological polar surface area (TPSA) is 105 Å². The molecule has 0 spiro atoms. The van der Waals surface area contributed by atoms with Crippen LogP contribution in [-0.2, 0) is 16.6 Å². The zero-order valence-corrected chi connectivity index (χ0v) is 25.6. The Morgan fingerprint density at radius 1 is 1.00 bits per heavy atom. The maximum atomic E-state index is 12.6. The normalized spacial score (nSPS) is 12.9. The van der Waals surface area contributed by atoms with Crippen LogP contribution in [0.15, 0.2) is 47.4 Å². The third-order valence-corrected chi connectivity index (χ3v) is 12.3. The van der Waals surface area contributed by atoms with Gasteiger partial charge in [0.2, 0.25) is 10.0 Å². The van der Waals surface area contributed by atoms with Crippen LogP contribution in [0, 0.1) is 16.0 Å². The van der Waals surface area contributed by atoms with Crippen LogP contribution in [0.1, 0.15) is 52.5 Å². The molecule has 0 atom stereocenters. The molecule has 0 aliphatic rings. The van der Waals surface area contributed by atoms with E-state index in [0.717, 1.165) is 36.4 Å². The Hall–Kier alpha value is -2.14. The van der Waals surface area contributed by atoms with Gasteiger partial charge in [0.1, 0.15) is 5.69 Å². The summed E-state index contributed by atoms with van der Waals surface area (Å²) in [6, 6.07) is 11.7. The van der Waals surface area contributed by atoms with Crippen molar-refractivity contribution >= 4 is 37.1 Å². The highest BCUT2D eigenvalue weighted by molar-refractivity contribution is 8.33. The third-order valence-electron chi connectivity index (χ3n) is 6.90. The summed E-state index contributed by atoms with van der Waals surface area (Å²) in [7, 11) is -2.25. The Kier molecular flexibility index (Phi) is 12.1. The van der Waals surface area contributed by atoms with Crippen molar-refractivity contribution in [2.24, 2.45) is 5.92 Å². The van der Waals surface area contributed by atoms with Gasteiger partial charge in [0.25, 0.3) is 5.69 Å². The molecule has 0 bridgehead atoms. The Balaban J connectivity index is 2.01. The number of sulfonamides is 1. The quantitative estimate of drug-likeness (QED) is 0.139. The van der Waals surface area contributed by atoms with E-state index in [1.54, 1.807) is 0 Å². The molecule has 2 aromatic carbocycles. The van der Waals surface area contributed by atoms with E-state index >= 15 is 0 Å². The summed E-state index contributed by atoms with van der Waals surface area (Å²) in [6.07, 6.45) is 7.61. The molecule has 2 N–H and O–H groups in total. The van der Waals surface area contributed by atoms with Gasteiger partial charge in [-0.1, -0.05) is 39.8 Å². The van der Waals surface area contributed by atoms with Crippen LogP contribution in [0.4, 0.5) is 17.1 Å². The lowest BCUT2D eigenvalue weighted by atomic mass is 10.1. The van der Waals surface area contributed by atoms with Crippen molar-refractivity contribution in [1.29, 1.82) is 0 Å². The maximum absolute atomic E-state index is 12.6. The lowest BCUT2D eigenvalue weighted by Gasteiger charge is -2.36. The zero-order valence-electron chi connectivity index (χ0n) is 24.0. The molecule has 0 fully saturated rings. The van der Waals surface area contributed by atoms with Crippen molar-refractivity contribution in [2.75, 3.05) is 43.7 Å². The van der Waals surface area contributed by atoms with Gasteiger partial charge in [-0.05, 0) is 92.1 Å². The van der Waals surface area contributed by atoms with Gasteiger partial charge < -0.3 is 10.2 Å². The molecule has 214 valence electrons. The van der Waals surface area contributed by atoms with E-state index in [9.17, 15) is 18.5 Å². The molecule has 2 aromatic rings. The van der Waals surface area contributed by atoms with Crippen LogP contribution >= 0.6 is 10.0 Å². The van der Waals surface area contributed by atoms with Crippen LogP contribution in [0.2, 0.25) is 0 Å². The maximum Gasteiger partial charge on any atom is 0.294 e. The number of rotatable bonds is 16. The minimum Gasteiger partial charge on any atom is -0.350 e. The molecule has 0 aliphatic carbocycles. The molecule has 0 saturated heterocycles. The van der Waals surface area contributed by atoms with E-state index in [4.69, 9.17) is 0 Å². The molecule has 10 heteroatoms. The van der Waals surface area contributed by atoms with Crippen LogP contribution in [0.25, 0.3) is 0 Å². The molecule has 0 amide bonds. The first-order valence-electron chi connectivity index (χ1n) is 13.2. The van der Waals surface area contributed by atoms with Crippen LogP contribution < -0.4 is 10.0 Å². The summed E-state index contributed by atoms with van der Waals surface area (Å²) in [5.74, 6) is 1.75. The predicted octanol–water partition coefficient (Wildman–Crippen LogP) is 6.35. The van der Waals surface area contributed by atoms with Crippen molar-refractivity contribution in [1.82, 2.24) is 9.62 Å². The summed E-state index contributed by atoms with van der Waals surface area (Å²) in [4.78, 5) is 13.4. The first kappa shape index (κ1) is 32.1. The SMILES string of the molecule is CC(C)CCCNS(=O)(=O)c1ccc(Nc2ccc(CN(C)CCCS(C)(C)C(C)C)cc2)c([N+](=O)[O-])c1. The van der Waals surface area contributed by atoms with Gasteiger partial charge in [-0.15, -0.1) is 0 Å². The fourth-order valence-corrected chi connectivity index (χ4v) is 6.36. The van der Waals surface area contributed by atoms with Crippen molar-refractivity contribution in [3.63, 3.8) is 0 Å². The Bertz CT molecular complexity index is 1150. The second-order valence-corrected chi connectivity index (χ2v) is 17.5. The Morgan fingerprint density at radius 2 is 1.66 bits per heavy atom. The average molecular weight is 567 g/mol. The first-order chi connectivity index (χ1) is 17.7. The van der Waals surface area contributed by atoms with Crippen molar-refractivity contribution < 1.29 is 13.3 Å². The lowest BCUT2D eigenvalue weighted by Crippen LogP contribution is -2.25. The molecule has 38 heavy (non-hydrogen) atoms. The molecule has 0 heterocycles. The van der Waals surface area contributed by atoms with Gasteiger partial charge in [-0.3, -0.25) is 10.1 Å². The summed E-state index contributed by atoms with van der Waals surface area (Å²) in [5, 5.41) is 15.5. The Morgan fingerprint density at radius 3 is 2.24 bits per heavy atom. The first-order valence-corrected chi connectivity index (χ1v) is 17.4. The molecule has 0 aliphatic heterocycles. The number of benzene rings is 2. The number of nitro benzene ring substituents is 1. The number of nitrogens with zero attached hydrogens (tertiary/aromatic N) is 2. The highest BCUT2D eigenvalue weighted by atomic mass is 32.3.